The quantitative estimate of drug-likeness (QED) is 0.546. The first kappa shape index (κ1) is 24.1. The first-order valence-corrected chi connectivity index (χ1v) is 13.3. The number of thiazole rings is 1. The van der Waals surface area contributed by atoms with E-state index in [4.69, 9.17) is 0 Å². The molecule has 0 unspecified atom stereocenters. The summed E-state index contributed by atoms with van der Waals surface area (Å²) in [5, 5.41) is 5.30. The Morgan fingerprint density at radius 3 is 2.26 bits per heavy atom. The van der Waals surface area contributed by atoms with Gasteiger partial charge in [-0.3, -0.25) is 9.52 Å². The largest absolute Gasteiger partial charge is 0.369 e. The third kappa shape index (κ3) is 6.10. The maximum absolute atomic E-state index is 12.6. The van der Waals surface area contributed by atoms with Crippen molar-refractivity contribution in [1.29, 1.82) is 0 Å². The fraction of sp³-hybridized carbons (Fsp3) is 0.304. The van der Waals surface area contributed by atoms with Gasteiger partial charge in [0.1, 0.15) is 5.82 Å². The van der Waals surface area contributed by atoms with E-state index in [1.54, 1.807) is 22.4 Å². The minimum absolute atomic E-state index is 0. The van der Waals surface area contributed by atoms with Crippen molar-refractivity contribution in [3.05, 3.63) is 65.9 Å². The average molecular weight is 508 g/mol. The van der Waals surface area contributed by atoms with Gasteiger partial charge in [0.25, 0.3) is 10.0 Å². The van der Waals surface area contributed by atoms with Crippen LogP contribution in [0.15, 0.2) is 65.0 Å². The monoisotopic (exact) mass is 507 g/mol. The number of rotatable bonds is 5. The maximum Gasteiger partial charge on any atom is 0.263 e. The molecule has 1 amide bonds. The third-order valence-corrected chi connectivity index (χ3v) is 7.67. The number of benzene rings is 2. The molecule has 0 radical (unpaired) electrons. The number of hydrogen-bond donors (Lipinski definition) is 2. The van der Waals surface area contributed by atoms with E-state index in [1.165, 1.54) is 41.8 Å². The molecule has 5 rings (SSSR count). The summed E-state index contributed by atoms with van der Waals surface area (Å²) in [5.74, 6) is -0.0922. The van der Waals surface area contributed by atoms with Gasteiger partial charge < -0.3 is 15.1 Å². The molecule has 2 aliphatic rings. The third-order valence-electron chi connectivity index (χ3n) is 5.49. The minimum Gasteiger partial charge on any atom is -0.369 e. The van der Waals surface area contributed by atoms with Crippen LogP contribution in [0, 0.1) is 5.82 Å². The van der Waals surface area contributed by atoms with Crippen molar-refractivity contribution in [3.63, 3.8) is 0 Å². The zero-order valence-corrected chi connectivity index (χ0v) is 20.1. The van der Waals surface area contributed by atoms with Crippen molar-refractivity contribution in [2.45, 2.75) is 17.7 Å². The van der Waals surface area contributed by atoms with E-state index in [1.807, 2.05) is 12.1 Å². The highest BCUT2D eigenvalue weighted by molar-refractivity contribution is 7.93. The first-order valence-electron chi connectivity index (χ1n) is 11.0. The number of carbonyl (C=O) groups is 1. The smallest absolute Gasteiger partial charge is 0.263 e. The number of amides is 1. The van der Waals surface area contributed by atoms with E-state index in [2.05, 4.69) is 19.9 Å². The van der Waals surface area contributed by atoms with Crippen LogP contribution < -0.4 is 19.8 Å². The lowest BCUT2D eigenvalue weighted by atomic mass is 10.2. The number of anilines is 3. The Balaban J connectivity index is 0.000000264. The van der Waals surface area contributed by atoms with E-state index in [0.29, 0.717) is 18.1 Å². The van der Waals surface area contributed by atoms with E-state index in [9.17, 15) is 17.6 Å². The zero-order valence-electron chi connectivity index (χ0n) is 18.5. The lowest BCUT2D eigenvalue weighted by Crippen LogP contribution is -2.43. The van der Waals surface area contributed by atoms with Gasteiger partial charge in [0.05, 0.1) is 4.90 Å². The standard InChI is InChI=1S/C13H13N3O3S2.C10H13FN2.2H2/c17-12-2-1-8-16(12)10-3-5-11(6-4-10)21(18,19)15-13-14-7-9-20-13;11-9-1-3-10(4-2-9)13-7-5-12-6-8-13;;/h3-7,9H,1-2,8H2,(H,14,15);1-4,12H,5-8H2;2*1H. The second kappa shape index (κ2) is 10.9. The molecule has 2 aliphatic heterocycles. The molecule has 34 heavy (non-hydrogen) atoms. The number of piperazine rings is 1. The van der Waals surface area contributed by atoms with Crippen molar-refractivity contribution >= 4 is 43.8 Å². The van der Waals surface area contributed by atoms with Crippen LogP contribution in [0.4, 0.5) is 20.9 Å². The lowest BCUT2D eigenvalue weighted by molar-refractivity contribution is -0.117. The highest BCUT2D eigenvalue weighted by Gasteiger charge is 2.22. The predicted octanol–water partition coefficient (Wildman–Crippen LogP) is 3.80. The normalized spacial score (nSPS) is 16.2. The summed E-state index contributed by atoms with van der Waals surface area (Å²) in [7, 11) is -3.64. The van der Waals surface area contributed by atoms with Crippen LogP contribution in [0.1, 0.15) is 15.7 Å². The van der Waals surface area contributed by atoms with Crippen LogP contribution in [-0.2, 0) is 14.8 Å². The average Bonchev–Trinajstić information content (AvgIpc) is 3.52. The molecule has 2 N–H and O–H groups in total. The highest BCUT2D eigenvalue weighted by Crippen LogP contribution is 2.24. The van der Waals surface area contributed by atoms with Crippen LogP contribution in [-0.4, -0.2) is 52.0 Å². The Morgan fingerprint density at radius 2 is 1.68 bits per heavy atom. The molecule has 0 bridgehead atoms. The Bertz CT molecular complexity index is 1190. The van der Waals surface area contributed by atoms with Crippen molar-refractivity contribution in [2.75, 3.05) is 47.2 Å². The number of nitrogens with zero attached hydrogens (tertiary/aromatic N) is 3. The molecule has 3 heterocycles. The summed E-state index contributed by atoms with van der Waals surface area (Å²) in [6, 6.07) is 13.0. The van der Waals surface area contributed by atoms with Crippen molar-refractivity contribution < 1.29 is 20.5 Å². The van der Waals surface area contributed by atoms with Gasteiger partial charge in [-0.15, -0.1) is 11.3 Å². The molecular formula is C23H30FN5O3S2. The Hall–Kier alpha value is -3.02. The molecule has 2 aromatic carbocycles. The number of hydrogen-bond acceptors (Lipinski definition) is 7. The number of carbonyl (C=O) groups excluding carboxylic acids is 1. The molecule has 0 saturated carbocycles. The van der Waals surface area contributed by atoms with Gasteiger partial charge in [-0.1, -0.05) is 0 Å². The molecule has 2 saturated heterocycles. The molecule has 0 atom stereocenters. The number of nitrogens with one attached hydrogen (secondary N) is 2. The van der Waals surface area contributed by atoms with E-state index in [0.717, 1.165) is 44.0 Å². The molecular weight excluding hydrogens is 477 g/mol. The minimum atomic E-state index is -3.64. The molecule has 0 aliphatic carbocycles. The van der Waals surface area contributed by atoms with Crippen LogP contribution in [0.2, 0.25) is 0 Å². The highest BCUT2D eigenvalue weighted by atomic mass is 32.2. The zero-order chi connectivity index (χ0) is 24.0. The first-order chi connectivity index (χ1) is 16.4. The lowest BCUT2D eigenvalue weighted by Gasteiger charge is -2.29. The van der Waals surface area contributed by atoms with Crippen molar-refractivity contribution in [2.24, 2.45) is 0 Å². The summed E-state index contributed by atoms with van der Waals surface area (Å²) in [4.78, 5) is 19.6. The predicted molar refractivity (Wildman–Crippen MR) is 137 cm³/mol. The molecule has 2 fully saturated rings. The van der Waals surface area contributed by atoms with E-state index >= 15 is 0 Å². The molecule has 184 valence electrons. The van der Waals surface area contributed by atoms with Crippen LogP contribution in [0.25, 0.3) is 0 Å². The SMILES string of the molecule is Fc1ccc(N2CCNCC2)cc1.O=C1CCCN1c1ccc(S(=O)(=O)Nc2nccs2)cc1.[HH].[HH]. The van der Waals surface area contributed by atoms with E-state index < -0.39 is 10.0 Å². The van der Waals surface area contributed by atoms with Crippen molar-refractivity contribution in [3.8, 4) is 0 Å². The van der Waals surface area contributed by atoms with Gasteiger partial charge >= 0.3 is 0 Å². The molecule has 1 aromatic heterocycles. The summed E-state index contributed by atoms with van der Waals surface area (Å²) in [6.45, 7) is 4.72. The molecule has 8 nitrogen and oxygen atoms in total. The van der Waals surface area contributed by atoms with Gasteiger partial charge in [0, 0.05) is 64.9 Å². The van der Waals surface area contributed by atoms with Crippen LogP contribution in [0.3, 0.4) is 0 Å². The molecule has 3 aromatic rings. The van der Waals surface area contributed by atoms with Gasteiger partial charge in [0.2, 0.25) is 5.91 Å². The van der Waals surface area contributed by atoms with Crippen molar-refractivity contribution in [1.82, 2.24) is 10.3 Å². The molecule has 11 heteroatoms. The topological polar surface area (TPSA) is 94.6 Å². The van der Waals surface area contributed by atoms with Crippen LogP contribution in [0.5, 0.6) is 0 Å². The number of sulfonamides is 1. The summed E-state index contributed by atoms with van der Waals surface area (Å²) >= 11 is 1.21. The maximum atomic E-state index is 12.6. The van der Waals surface area contributed by atoms with Crippen LogP contribution >= 0.6 is 11.3 Å². The number of aromatic nitrogens is 1. The Morgan fingerprint density at radius 1 is 1.00 bits per heavy atom. The summed E-state index contributed by atoms with van der Waals surface area (Å²) in [6.07, 6.45) is 2.92. The van der Waals surface area contributed by atoms with Gasteiger partial charge in [-0.05, 0) is 55.0 Å². The molecule has 0 spiro atoms. The number of halogens is 1. The summed E-state index contributed by atoms with van der Waals surface area (Å²) < 4.78 is 39.4. The Labute approximate surface area is 205 Å². The Kier molecular flexibility index (Phi) is 7.76. The van der Waals surface area contributed by atoms with Gasteiger partial charge in [-0.25, -0.2) is 17.8 Å². The van der Waals surface area contributed by atoms with Gasteiger partial charge in [0.15, 0.2) is 5.13 Å². The fourth-order valence-corrected chi connectivity index (χ4v) is 5.54. The van der Waals surface area contributed by atoms with E-state index in [-0.39, 0.29) is 19.5 Å². The fourth-order valence-electron chi connectivity index (χ4n) is 3.75. The summed E-state index contributed by atoms with van der Waals surface area (Å²) in [5.41, 5.74) is 1.84. The van der Waals surface area contributed by atoms with Gasteiger partial charge in [-0.2, -0.15) is 0 Å². The second-order valence-electron chi connectivity index (χ2n) is 7.80. The second-order valence-corrected chi connectivity index (χ2v) is 10.4.